The van der Waals surface area contributed by atoms with Gasteiger partial charge in [-0.3, -0.25) is 4.90 Å². The number of rotatable bonds is 8. The molecule has 1 fully saturated rings. The van der Waals surface area contributed by atoms with Gasteiger partial charge in [0.2, 0.25) is 0 Å². The molecule has 2 N–H and O–H groups in total. The second kappa shape index (κ2) is 9.66. The summed E-state index contributed by atoms with van der Waals surface area (Å²) in [7, 11) is 0. The van der Waals surface area contributed by atoms with Crippen LogP contribution >= 0.6 is 0 Å². The maximum Gasteiger partial charge on any atom is 0.338 e. The van der Waals surface area contributed by atoms with Gasteiger partial charge in [-0.25, -0.2) is 4.79 Å². The predicted octanol–water partition coefficient (Wildman–Crippen LogP) is 3.72. The van der Waals surface area contributed by atoms with E-state index in [1.54, 1.807) is 18.2 Å². The highest BCUT2D eigenvalue weighted by Gasteiger charge is 2.26. The third-order valence-corrected chi connectivity index (χ3v) is 5.09. The SMILES string of the molecule is CCOc1cc(C(=O)OC[C@H](C(C)CC)N2CCCCC2)ccc1N. The summed E-state index contributed by atoms with van der Waals surface area (Å²) in [6.45, 7) is 9.46. The smallest absolute Gasteiger partial charge is 0.338 e. The zero-order valence-electron chi connectivity index (χ0n) is 15.8. The molecule has 5 nitrogen and oxygen atoms in total. The number of piperidine rings is 1. The van der Waals surface area contributed by atoms with Crippen LogP contribution in [0.3, 0.4) is 0 Å². The van der Waals surface area contributed by atoms with Crippen molar-refractivity contribution in [3.05, 3.63) is 23.8 Å². The molecule has 1 saturated heterocycles. The molecule has 0 spiro atoms. The highest BCUT2D eigenvalue weighted by Crippen LogP contribution is 2.24. The quantitative estimate of drug-likeness (QED) is 0.573. The van der Waals surface area contributed by atoms with Gasteiger partial charge in [-0.15, -0.1) is 0 Å². The van der Waals surface area contributed by atoms with Gasteiger partial charge >= 0.3 is 5.97 Å². The van der Waals surface area contributed by atoms with E-state index >= 15 is 0 Å². The van der Waals surface area contributed by atoms with E-state index in [-0.39, 0.29) is 12.0 Å². The average Bonchev–Trinajstić information content (AvgIpc) is 2.64. The topological polar surface area (TPSA) is 64.8 Å². The van der Waals surface area contributed by atoms with Gasteiger partial charge in [0.25, 0.3) is 0 Å². The Morgan fingerprint density at radius 1 is 1.24 bits per heavy atom. The zero-order chi connectivity index (χ0) is 18.2. The summed E-state index contributed by atoms with van der Waals surface area (Å²) in [6.07, 6.45) is 4.84. The van der Waals surface area contributed by atoms with Gasteiger partial charge in [0.15, 0.2) is 0 Å². The van der Waals surface area contributed by atoms with E-state index in [0.29, 0.717) is 36.1 Å². The molecule has 1 aliphatic heterocycles. The molecule has 2 rings (SSSR count). The lowest BCUT2D eigenvalue weighted by atomic mass is 9.96. The molecule has 0 bridgehead atoms. The molecule has 140 valence electrons. The summed E-state index contributed by atoms with van der Waals surface area (Å²) in [5.74, 6) is 0.717. The van der Waals surface area contributed by atoms with Crippen LogP contribution in [-0.2, 0) is 4.74 Å². The van der Waals surface area contributed by atoms with Crippen molar-refractivity contribution in [2.24, 2.45) is 5.92 Å². The largest absolute Gasteiger partial charge is 0.492 e. The van der Waals surface area contributed by atoms with Crippen LogP contribution in [0.4, 0.5) is 5.69 Å². The van der Waals surface area contributed by atoms with Gasteiger partial charge in [-0.05, 0) is 57.0 Å². The second-order valence-electron chi connectivity index (χ2n) is 6.83. The van der Waals surface area contributed by atoms with Crippen molar-refractivity contribution in [1.82, 2.24) is 4.90 Å². The molecule has 1 unspecified atom stereocenters. The first-order chi connectivity index (χ1) is 12.1. The van der Waals surface area contributed by atoms with Crippen molar-refractivity contribution in [1.29, 1.82) is 0 Å². The lowest BCUT2D eigenvalue weighted by Gasteiger charge is -2.37. The Balaban J connectivity index is 2.01. The Morgan fingerprint density at radius 3 is 2.60 bits per heavy atom. The van der Waals surface area contributed by atoms with E-state index in [1.807, 2.05) is 6.92 Å². The molecule has 0 aromatic heterocycles. The summed E-state index contributed by atoms with van der Waals surface area (Å²) >= 11 is 0. The maximum atomic E-state index is 12.5. The Kier molecular flexibility index (Phi) is 7.56. The van der Waals surface area contributed by atoms with Gasteiger partial charge in [0.1, 0.15) is 12.4 Å². The fourth-order valence-corrected chi connectivity index (χ4v) is 3.34. The molecule has 1 aromatic carbocycles. The Hall–Kier alpha value is -1.75. The molecule has 2 atom stereocenters. The lowest BCUT2D eigenvalue weighted by molar-refractivity contribution is 0.0210. The molecule has 0 saturated carbocycles. The first-order valence-electron chi connectivity index (χ1n) is 9.50. The number of nitrogen functional groups attached to an aromatic ring is 1. The molecular weight excluding hydrogens is 316 g/mol. The number of benzene rings is 1. The summed E-state index contributed by atoms with van der Waals surface area (Å²) < 4.78 is 11.1. The first-order valence-corrected chi connectivity index (χ1v) is 9.50. The molecule has 0 aliphatic carbocycles. The van der Waals surface area contributed by atoms with Crippen molar-refractivity contribution < 1.29 is 14.3 Å². The predicted molar refractivity (Wildman–Crippen MR) is 101 cm³/mol. The van der Waals surface area contributed by atoms with Crippen LogP contribution in [0, 0.1) is 5.92 Å². The molecule has 1 aromatic rings. The monoisotopic (exact) mass is 348 g/mol. The van der Waals surface area contributed by atoms with Crippen LogP contribution in [-0.4, -0.2) is 43.2 Å². The number of likely N-dealkylation sites (tertiary alicyclic amines) is 1. The minimum atomic E-state index is -0.314. The third kappa shape index (κ3) is 5.36. The number of anilines is 1. The Bertz CT molecular complexity index is 556. The highest BCUT2D eigenvalue weighted by molar-refractivity contribution is 5.90. The second-order valence-corrected chi connectivity index (χ2v) is 6.83. The van der Waals surface area contributed by atoms with Crippen LogP contribution in [0.15, 0.2) is 18.2 Å². The maximum absolute atomic E-state index is 12.5. The van der Waals surface area contributed by atoms with Crippen molar-refractivity contribution in [2.75, 3.05) is 32.0 Å². The summed E-state index contributed by atoms with van der Waals surface area (Å²) in [4.78, 5) is 15.0. The number of esters is 1. The normalized spacial score (nSPS) is 17.7. The summed E-state index contributed by atoms with van der Waals surface area (Å²) in [6, 6.07) is 5.34. The molecule has 5 heteroatoms. The number of carbonyl (C=O) groups excluding carboxylic acids is 1. The van der Waals surface area contributed by atoms with E-state index < -0.39 is 0 Å². The fourth-order valence-electron chi connectivity index (χ4n) is 3.34. The van der Waals surface area contributed by atoms with Crippen LogP contribution in [0.5, 0.6) is 5.75 Å². The molecule has 0 radical (unpaired) electrons. The van der Waals surface area contributed by atoms with Gasteiger partial charge in [-0.1, -0.05) is 26.7 Å². The number of nitrogens with two attached hydrogens (primary N) is 1. The summed E-state index contributed by atoms with van der Waals surface area (Å²) in [5.41, 5.74) is 6.89. The molecule has 0 amide bonds. The van der Waals surface area contributed by atoms with Crippen molar-refractivity contribution in [2.45, 2.75) is 52.5 Å². The molecule has 1 heterocycles. The number of hydrogen-bond donors (Lipinski definition) is 1. The molecule has 25 heavy (non-hydrogen) atoms. The standard InChI is InChI=1S/C20H32N2O3/c1-4-15(3)18(22-11-7-6-8-12-22)14-25-20(23)16-9-10-17(21)19(13-16)24-5-2/h9-10,13,15,18H,4-8,11-12,14,21H2,1-3H3/t15?,18-/m1/s1. The number of hydrogen-bond acceptors (Lipinski definition) is 5. The van der Waals surface area contributed by atoms with Crippen LogP contribution in [0.25, 0.3) is 0 Å². The summed E-state index contributed by atoms with van der Waals surface area (Å²) in [5, 5.41) is 0. The highest BCUT2D eigenvalue weighted by atomic mass is 16.5. The number of carbonyl (C=O) groups is 1. The first kappa shape index (κ1) is 19.6. The average molecular weight is 348 g/mol. The van der Waals surface area contributed by atoms with E-state index in [4.69, 9.17) is 15.2 Å². The minimum Gasteiger partial charge on any atom is -0.492 e. The number of nitrogens with zero attached hydrogens (tertiary/aromatic N) is 1. The van der Waals surface area contributed by atoms with Crippen LogP contribution in [0.2, 0.25) is 0 Å². The third-order valence-electron chi connectivity index (χ3n) is 5.09. The molecule has 1 aliphatic rings. The van der Waals surface area contributed by atoms with Crippen molar-refractivity contribution in [3.63, 3.8) is 0 Å². The fraction of sp³-hybridized carbons (Fsp3) is 0.650. The van der Waals surface area contributed by atoms with E-state index in [2.05, 4.69) is 18.7 Å². The van der Waals surface area contributed by atoms with Gasteiger partial charge in [-0.2, -0.15) is 0 Å². The van der Waals surface area contributed by atoms with Crippen LogP contribution < -0.4 is 10.5 Å². The van der Waals surface area contributed by atoms with Gasteiger partial charge in [0.05, 0.1) is 17.9 Å². The van der Waals surface area contributed by atoms with E-state index in [1.165, 1.54) is 19.3 Å². The number of ether oxygens (including phenoxy) is 2. The Labute approximate surface area is 151 Å². The van der Waals surface area contributed by atoms with Crippen LogP contribution in [0.1, 0.15) is 56.8 Å². The van der Waals surface area contributed by atoms with Gasteiger partial charge in [0, 0.05) is 6.04 Å². The van der Waals surface area contributed by atoms with Crippen molar-refractivity contribution >= 4 is 11.7 Å². The lowest BCUT2D eigenvalue weighted by Crippen LogP contribution is -2.46. The van der Waals surface area contributed by atoms with Crippen molar-refractivity contribution in [3.8, 4) is 5.75 Å². The van der Waals surface area contributed by atoms with E-state index in [0.717, 1.165) is 19.5 Å². The molecular formula is C20H32N2O3. The Morgan fingerprint density at radius 2 is 1.96 bits per heavy atom. The minimum absolute atomic E-state index is 0.286. The van der Waals surface area contributed by atoms with E-state index in [9.17, 15) is 4.79 Å². The zero-order valence-corrected chi connectivity index (χ0v) is 15.8. The van der Waals surface area contributed by atoms with Gasteiger partial charge < -0.3 is 15.2 Å².